The van der Waals surface area contributed by atoms with Crippen molar-refractivity contribution in [2.24, 2.45) is 0 Å². The number of ether oxygens (including phenoxy) is 1. The second kappa shape index (κ2) is 5.73. The molecule has 0 saturated carbocycles. The van der Waals surface area contributed by atoms with Gasteiger partial charge in [0.25, 0.3) is 0 Å². The number of benzene rings is 1. The molecule has 6 heteroatoms. The molecule has 0 radical (unpaired) electrons. The van der Waals surface area contributed by atoms with Gasteiger partial charge in [-0.25, -0.2) is 19.7 Å². The first-order valence-electron chi connectivity index (χ1n) is 7.40. The van der Waals surface area contributed by atoms with Crippen molar-refractivity contribution < 1.29 is 14.4 Å². The summed E-state index contributed by atoms with van der Waals surface area (Å²) in [6, 6.07) is 14.6. The lowest BCUT2D eigenvalue weighted by molar-refractivity contribution is -0.0827. The molecule has 1 amide bonds. The fraction of sp³-hybridized carbons (Fsp3) is 0.176. The minimum Gasteiger partial charge on any atom is -0.410 e. The van der Waals surface area contributed by atoms with Gasteiger partial charge in [0.2, 0.25) is 0 Å². The normalized spacial score (nSPS) is 22.3. The molecule has 1 fully saturated rings. The fourth-order valence-corrected chi connectivity index (χ4v) is 2.67. The average Bonchev–Trinajstić information content (AvgIpc) is 2.63. The quantitative estimate of drug-likeness (QED) is 0.798. The lowest BCUT2D eigenvalue weighted by atomic mass is 10.1. The van der Waals surface area contributed by atoms with Gasteiger partial charge in [-0.3, -0.25) is 4.90 Å². The molecule has 116 valence electrons. The molecule has 0 spiro atoms. The molecule has 6 nitrogen and oxygen atoms in total. The molecular formula is C17H15N3O3. The van der Waals surface area contributed by atoms with Gasteiger partial charge in [0.1, 0.15) is 5.75 Å². The second-order valence-electron chi connectivity index (χ2n) is 5.30. The number of hydroxylamine groups is 1. The molecule has 2 aromatic rings. The van der Waals surface area contributed by atoms with Gasteiger partial charge >= 0.3 is 6.09 Å². The third kappa shape index (κ3) is 2.64. The van der Waals surface area contributed by atoms with Crippen molar-refractivity contribution in [2.75, 3.05) is 11.6 Å². The van der Waals surface area contributed by atoms with Crippen molar-refractivity contribution in [3.63, 3.8) is 0 Å². The fourth-order valence-electron chi connectivity index (χ4n) is 2.67. The Kier molecular flexibility index (Phi) is 3.44. The molecule has 4 heterocycles. The number of amides is 1. The van der Waals surface area contributed by atoms with Crippen LogP contribution < -0.4 is 9.80 Å². The highest BCUT2D eigenvalue weighted by Gasteiger charge is 2.40. The summed E-state index contributed by atoms with van der Waals surface area (Å²) >= 11 is 0. The molecule has 23 heavy (non-hydrogen) atoms. The van der Waals surface area contributed by atoms with E-state index in [9.17, 15) is 4.79 Å². The van der Waals surface area contributed by atoms with Crippen LogP contribution in [0.5, 0.6) is 5.75 Å². The molecule has 2 atom stereocenters. The van der Waals surface area contributed by atoms with Crippen molar-refractivity contribution in [3.05, 3.63) is 66.9 Å². The number of hydrogen-bond acceptors (Lipinski definition) is 5. The lowest BCUT2D eigenvalue weighted by Crippen LogP contribution is -2.61. The van der Waals surface area contributed by atoms with Gasteiger partial charge in [-0.05, 0) is 30.3 Å². The summed E-state index contributed by atoms with van der Waals surface area (Å²) in [7, 11) is 0. The zero-order valence-corrected chi connectivity index (χ0v) is 12.3. The maximum Gasteiger partial charge on any atom is 0.417 e. The van der Waals surface area contributed by atoms with Crippen LogP contribution in [0.15, 0.2) is 66.9 Å². The molecule has 1 aromatic carbocycles. The smallest absolute Gasteiger partial charge is 0.410 e. The van der Waals surface area contributed by atoms with Gasteiger partial charge in [0.05, 0.1) is 12.6 Å². The maximum absolute atomic E-state index is 12.4. The number of carbonyl (C=O) groups excluding carboxylic acids is 1. The van der Waals surface area contributed by atoms with E-state index in [4.69, 9.17) is 9.57 Å². The number of rotatable bonds is 2. The number of carbonyl (C=O) groups is 1. The van der Waals surface area contributed by atoms with E-state index in [-0.39, 0.29) is 6.04 Å². The average molecular weight is 309 g/mol. The second-order valence-corrected chi connectivity index (χ2v) is 5.30. The number of hydrogen-bond donors (Lipinski definition) is 0. The molecule has 3 aliphatic rings. The number of pyridine rings is 1. The molecule has 5 rings (SSSR count). The Balaban J connectivity index is 1.48. The number of para-hydroxylation sites is 1. The minimum atomic E-state index is -0.488. The molecule has 2 bridgehead atoms. The predicted octanol–water partition coefficient (Wildman–Crippen LogP) is 2.60. The van der Waals surface area contributed by atoms with E-state index in [1.807, 2.05) is 48.6 Å². The van der Waals surface area contributed by atoms with Crippen LogP contribution in [0.3, 0.4) is 0 Å². The third-order valence-corrected chi connectivity index (χ3v) is 3.77. The Bertz CT molecular complexity index is 720. The van der Waals surface area contributed by atoms with Crippen LogP contribution in [0, 0.1) is 0 Å². The van der Waals surface area contributed by atoms with Gasteiger partial charge in [-0.2, -0.15) is 0 Å². The van der Waals surface area contributed by atoms with Gasteiger partial charge in [0, 0.05) is 6.20 Å². The van der Waals surface area contributed by atoms with Gasteiger partial charge in [-0.15, -0.1) is 0 Å². The van der Waals surface area contributed by atoms with Crippen LogP contribution in [-0.2, 0) is 4.84 Å². The van der Waals surface area contributed by atoms with Crippen molar-refractivity contribution in [3.8, 4) is 5.75 Å². The SMILES string of the molecule is O=C(Oc1ccccc1)N1CC2C=CC1ON2c1ccccn1. The zero-order chi connectivity index (χ0) is 15.6. The van der Waals surface area contributed by atoms with Crippen LogP contribution in [0.2, 0.25) is 0 Å². The Morgan fingerprint density at radius 2 is 1.96 bits per heavy atom. The largest absolute Gasteiger partial charge is 0.417 e. The predicted molar refractivity (Wildman–Crippen MR) is 83.7 cm³/mol. The number of aromatic nitrogens is 1. The zero-order valence-electron chi connectivity index (χ0n) is 12.3. The van der Waals surface area contributed by atoms with Crippen molar-refractivity contribution in [1.82, 2.24) is 9.88 Å². The molecule has 3 aliphatic heterocycles. The van der Waals surface area contributed by atoms with E-state index in [0.29, 0.717) is 12.3 Å². The Labute approximate surface area is 133 Å². The lowest BCUT2D eigenvalue weighted by Gasteiger charge is -2.46. The summed E-state index contributed by atoms with van der Waals surface area (Å²) < 4.78 is 5.39. The van der Waals surface area contributed by atoms with E-state index in [0.717, 1.165) is 5.82 Å². The Morgan fingerprint density at radius 3 is 2.65 bits per heavy atom. The Morgan fingerprint density at radius 1 is 1.13 bits per heavy atom. The number of nitrogens with zero attached hydrogens (tertiary/aromatic N) is 3. The third-order valence-electron chi connectivity index (χ3n) is 3.77. The van der Waals surface area contributed by atoms with E-state index in [1.165, 1.54) is 0 Å². The van der Waals surface area contributed by atoms with Gasteiger partial charge in [0.15, 0.2) is 12.0 Å². The van der Waals surface area contributed by atoms with Crippen molar-refractivity contribution in [2.45, 2.75) is 12.3 Å². The van der Waals surface area contributed by atoms with Crippen molar-refractivity contribution >= 4 is 11.9 Å². The maximum atomic E-state index is 12.4. The monoisotopic (exact) mass is 309 g/mol. The number of anilines is 1. The van der Waals surface area contributed by atoms with E-state index >= 15 is 0 Å². The minimum absolute atomic E-state index is 0.0850. The van der Waals surface area contributed by atoms with Crippen LogP contribution in [0.25, 0.3) is 0 Å². The van der Waals surface area contributed by atoms with E-state index < -0.39 is 12.3 Å². The van der Waals surface area contributed by atoms with Crippen LogP contribution in [-0.4, -0.2) is 34.8 Å². The summed E-state index contributed by atoms with van der Waals surface area (Å²) in [5.74, 6) is 1.24. The summed E-state index contributed by atoms with van der Waals surface area (Å²) in [5.41, 5.74) is 0. The van der Waals surface area contributed by atoms with Crippen LogP contribution in [0.1, 0.15) is 0 Å². The summed E-state index contributed by atoms with van der Waals surface area (Å²) in [6.07, 6.45) is 4.69. The van der Waals surface area contributed by atoms with E-state index in [2.05, 4.69) is 4.98 Å². The molecule has 1 saturated heterocycles. The van der Waals surface area contributed by atoms with Crippen LogP contribution >= 0.6 is 0 Å². The molecule has 0 N–H and O–H groups in total. The Hall–Kier alpha value is -2.86. The summed E-state index contributed by atoms with van der Waals surface area (Å²) in [5, 5.41) is 1.73. The first-order valence-corrected chi connectivity index (χ1v) is 7.40. The first kappa shape index (κ1) is 13.8. The van der Waals surface area contributed by atoms with Gasteiger partial charge in [-0.1, -0.05) is 30.3 Å². The number of fused-ring (bicyclic) bond motifs is 2. The highest BCUT2D eigenvalue weighted by molar-refractivity contribution is 5.72. The molecule has 0 aliphatic carbocycles. The standard InChI is InChI=1S/C17H15N3O3/c21-17(22-14-6-2-1-3-7-14)19-12-13-9-10-16(19)23-20(13)15-8-4-5-11-18-15/h1-11,13,16H,12H2. The topological polar surface area (TPSA) is 54.9 Å². The first-order chi connectivity index (χ1) is 11.3. The highest BCUT2D eigenvalue weighted by atomic mass is 16.7. The summed E-state index contributed by atoms with van der Waals surface area (Å²) in [6.45, 7) is 0.489. The molecular weight excluding hydrogens is 294 g/mol. The van der Waals surface area contributed by atoms with Crippen LogP contribution in [0.4, 0.5) is 10.6 Å². The molecule has 2 unspecified atom stereocenters. The van der Waals surface area contributed by atoms with E-state index in [1.54, 1.807) is 28.3 Å². The summed E-state index contributed by atoms with van der Waals surface area (Å²) in [4.78, 5) is 24.1. The van der Waals surface area contributed by atoms with Gasteiger partial charge < -0.3 is 4.74 Å². The van der Waals surface area contributed by atoms with Crippen molar-refractivity contribution in [1.29, 1.82) is 0 Å². The molecule has 1 aromatic heterocycles. The highest BCUT2D eigenvalue weighted by Crippen LogP contribution is 2.29.